The number of H-pyrrole nitrogens is 1. The van der Waals surface area contributed by atoms with E-state index in [0.29, 0.717) is 16.4 Å². The largest absolute Gasteiger partial charge is 0.359 e. The smallest absolute Gasteiger partial charge is 0.216 e. The number of allylic oxidation sites excluding steroid dienone is 1. The molecule has 2 heterocycles. The molecule has 0 aliphatic rings. The lowest BCUT2D eigenvalue weighted by Crippen LogP contribution is -2.02. The highest BCUT2D eigenvalue weighted by Crippen LogP contribution is 2.28. The van der Waals surface area contributed by atoms with Gasteiger partial charge < -0.3 is 5.32 Å². The van der Waals surface area contributed by atoms with Gasteiger partial charge >= 0.3 is 0 Å². The van der Waals surface area contributed by atoms with Gasteiger partial charge in [0, 0.05) is 6.20 Å². The number of halogens is 1. The van der Waals surface area contributed by atoms with Crippen LogP contribution in [0.15, 0.2) is 37.1 Å². The van der Waals surface area contributed by atoms with Crippen molar-refractivity contribution in [2.24, 2.45) is 0 Å². The number of tetrazole rings is 1. The van der Waals surface area contributed by atoms with Crippen molar-refractivity contribution in [1.82, 2.24) is 35.4 Å². The first-order chi connectivity index (χ1) is 10.8. The van der Waals surface area contributed by atoms with Crippen molar-refractivity contribution in [3.63, 3.8) is 0 Å². The SMILES string of the molecule is N#CC(=CNc1cccc(Cl)c1-n1cncn1)c1nn[nH]n1. The first-order valence-corrected chi connectivity index (χ1v) is 6.41. The van der Waals surface area contributed by atoms with Gasteiger partial charge in [0.15, 0.2) is 0 Å². The lowest BCUT2D eigenvalue weighted by Gasteiger charge is -2.10. The minimum absolute atomic E-state index is 0.194. The predicted octanol–water partition coefficient (Wildman–Crippen LogP) is 1.41. The number of nitrogens with zero attached hydrogens (tertiary/aromatic N) is 7. The molecule has 2 aromatic heterocycles. The zero-order valence-electron chi connectivity index (χ0n) is 11.0. The number of nitriles is 1. The number of aromatic nitrogens is 7. The Balaban J connectivity index is 1.97. The molecule has 2 N–H and O–H groups in total. The van der Waals surface area contributed by atoms with Gasteiger partial charge in [0.1, 0.15) is 30.0 Å². The Morgan fingerprint density at radius 3 is 3.05 bits per heavy atom. The van der Waals surface area contributed by atoms with Crippen LogP contribution in [0.1, 0.15) is 5.82 Å². The molecule has 0 bridgehead atoms. The molecule has 108 valence electrons. The fourth-order valence-electron chi connectivity index (χ4n) is 1.76. The zero-order valence-corrected chi connectivity index (χ0v) is 11.7. The van der Waals surface area contributed by atoms with E-state index in [1.807, 2.05) is 6.07 Å². The Kier molecular flexibility index (Phi) is 3.76. The van der Waals surface area contributed by atoms with E-state index in [1.54, 1.807) is 18.2 Å². The second kappa shape index (κ2) is 6.02. The van der Waals surface area contributed by atoms with E-state index < -0.39 is 0 Å². The average Bonchev–Trinajstić information content (AvgIpc) is 3.21. The van der Waals surface area contributed by atoms with Crippen LogP contribution in [0.2, 0.25) is 5.02 Å². The van der Waals surface area contributed by atoms with Crippen LogP contribution in [0, 0.1) is 11.3 Å². The third-order valence-electron chi connectivity index (χ3n) is 2.71. The molecule has 0 aliphatic carbocycles. The van der Waals surface area contributed by atoms with E-state index >= 15 is 0 Å². The van der Waals surface area contributed by atoms with Crippen LogP contribution in [-0.2, 0) is 0 Å². The molecule has 0 amide bonds. The van der Waals surface area contributed by atoms with Gasteiger partial charge in [-0.2, -0.15) is 15.6 Å². The van der Waals surface area contributed by atoms with Crippen LogP contribution < -0.4 is 5.32 Å². The molecule has 0 radical (unpaired) electrons. The summed E-state index contributed by atoms with van der Waals surface area (Å²) < 4.78 is 1.53. The molecule has 1 aromatic carbocycles. The summed E-state index contributed by atoms with van der Waals surface area (Å²) in [5, 5.41) is 29.9. The van der Waals surface area contributed by atoms with E-state index in [2.05, 4.69) is 36.0 Å². The maximum absolute atomic E-state index is 9.15. The van der Waals surface area contributed by atoms with Crippen molar-refractivity contribution in [2.45, 2.75) is 0 Å². The molecule has 0 unspecified atom stereocenters. The molecule has 3 rings (SSSR count). The highest BCUT2D eigenvalue weighted by Gasteiger charge is 2.10. The van der Waals surface area contributed by atoms with E-state index in [9.17, 15) is 0 Å². The van der Waals surface area contributed by atoms with Gasteiger partial charge in [0.25, 0.3) is 0 Å². The number of rotatable bonds is 4. The van der Waals surface area contributed by atoms with Crippen molar-refractivity contribution in [2.75, 3.05) is 5.32 Å². The first kappa shape index (κ1) is 13.7. The Morgan fingerprint density at radius 1 is 1.45 bits per heavy atom. The summed E-state index contributed by atoms with van der Waals surface area (Å²) in [7, 11) is 0. The summed E-state index contributed by atoms with van der Waals surface area (Å²) in [5.41, 5.74) is 1.48. The summed E-state index contributed by atoms with van der Waals surface area (Å²) in [6.07, 6.45) is 4.40. The first-order valence-electron chi connectivity index (χ1n) is 6.03. The van der Waals surface area contributed by atoms with Gasteiger partial charge in [-0.1, -0.05) is 17.7 Å². The Labute approximate surface area is 129 Å². The fourth-order valence-corrected chi connectivity index (χ4v) is 2.02. The third kappa shape index (κ3) is 2.63. The van der Waals surface area contributed by atoms with Crippen LogP contribution in [0.5, 0.6) is 0 Å². The summed E-state index contributed by atoms with van der Waals surface area (Å²) in [4.78, 5) is 3.90. The number of hydrogen-bond donors (Lipinski definition) is 2. The standard InChI is InChI=1S/C12H8ClN9/c13-9-2-1-3-10(11(9)22-7-15-6-17-22)16-5-8(4-14)12-18-20-21-19-12/h1-3,5-7,16H,(H,18,19,20,21). The minimum Gasteiger partial charge on any atom is -0.359 e. The molecule has 9 nitrogen and oxygen atoms in total. The topological polar surface area (TPSA) is 121 Å². The molecule has 0 aliphatic heterocycles. The number of para-hydroxylation sites is 1. The third-order valence-corrected chi connectivity index (χ3v) is 3.02. The van der Waals surface area contributed by atoms with E-state index in [4.69, 9.17) is 16.9 Å². The molecule has 0 fully saturated rings. The summed E-state index contributed by atoms with van der Waals surface area (Å²) in [6.45, 7) is 0. The highest BCUT2D eigenvalue weighted by molar-refractivity contribution is 6.33. The number of hydrogen-bond acceptors (Lipinski definition) is 7. The Hall–Kier alpha value is -3.25. The van der Waals surface area contributed by atoms with Gasteiger partial charge in [-0.15, -0.1) is 10.2 Å². The van der Waals surface area contributed by atoms with Crippen LogP contribution in [0.4, 0.5) is 5.69 Å². The van der Waals surface area contributed by atoms with Crippen molar-refractivity contribution in [3.8, 4) is 11.8 Å². The summed E-state index contributed by atoms with van der Waals surface area (Å²) in [6, 6.07) is 7.30. The van der Waals surface area contributed by atoms with Crippen LogP contribution >= 0.6 is 11.6 Å². The molecule has 0 spiro atoms. The number of anilines is 1. The summed E-state index contributed by atoms with van der Waals surface area (Å²) >= 11 is 6.22. The monoisotopic (exact) mass is 313 g/mol. The van der Waals surface area contributed by atoms with Gasteiger partial charge in [-0.05, 0) is 17.3 Å². The average molecular weight is 314 g/mol. The van der Waals surface area contributed by atoms with Crippen LogP contribution in [0.3, 0.4) is 0 Å². The fraction of sp³-hybridized carbons (Fsp3) is 0. The van der Waals surface area contributed by atoms with Crippen molar-refractivity contribution < 1.29 is 0 Å². The van der Waals surface area contributed by atoms with Crippen molar-refractivity contribution in [3.05, 3.63) is 47.9 Å². The highest BCUT2D eigenvalue weighted by atomic mass is 35.5. The van der Waals surface area contributed by atoms with E-state index in [-0.39, 0.29) is 11.4 Å². The second-order valence-corrected chi connectivity index (χ2v) is 4.43. The summed E-state index contributed by atoms with van der Waals surface area (Å²) in [5.74, 6) is 0.194. The van der Waals surface area contributed by atoms with Crippen LogP contribution in [-0.4, -0.2) is 35.4 Å². The molecule has 0 atom stereocenters. The van der Waals surface area contributed by atoms with E-state index in [1.165, 1.54) is 23.5 Å². The molecule has 3 aromatic rings. The lowest BCUT2D eigenvalue weighted by molar-refractivity contribution is 0.881. The maximum Gasteiger partial charge on any atom is 0.216 e. The molecule has 10 heteroatoms. The Bertz CT molecular complexity index is 830. The zero-order chi connectivity index (χ0) is 15.4. The quantitative estimate of drug-likeness (QED) is 0.698. The number of nitrogens with one attached hydrogen (secondary N) is 2. The molecular weight excluding hydrogens is 306 g/mol. The van der Waals surface area contributed by atoms with Crippen LogP contribution in [0.25, 0.3) is 11.3 Å². The normalized spacial score (nSPS) is 11.2. The Morgan fingerprint density at radius 2 is 2.36 bits per heavy atom. The van der Waals surface area contributed by atoms with Crippen molar-refractivity contribution >= 4 is 22.9 Å². The maximum atomic E-state index is 9.15. The molecular formula is C12H8ClN9. The molecule has 0 saturated heterocycles. The van der Waals surface area contributed by atoms with Crippen molar-refractivity contribution in [1.29, 1.82) is 5.26 Å². The predicted molar refractivity (Wildman–Crippen MR) is 77.8 cm³/mol. The molecule has 22 heavy (non-hydrogen) atoms. The minimum atomic E-state index is 0.194. The number of benzene rings is 1. The van der Waals surface area contributed by atoms with E-state index in [0.717, 1.165) is 0 Å². The van der Waals surface area contributed by atoms with Gasteiger partial charge in [-0.3, -0.25) is 0 Å². The molecule has 0 saturated carbocycles. The van der Waals surface area contributed by atoms with Gasteiger partial charge in [0.05, 0.1) is 10.7 Å². The second-order valence-electron chi connectivity index (χ2n) is 4.03. The van der Waals surface area contributed by atoms with Gasteiger partial charge in [0.2, 0.25) is 5.82 Å². The number of aromatic amines is 1. The lowest BCUT2D eigenvalue weighted by atomic mass is 10.2. The van der Waals surface area contributed by atoms with Gasteiger partial charge in [-0.25, -0.2) is 9.67 Å².